The number of aliphatic hydroxyl groups is 1. The Morgan fingerprint density at radius 3 is 2.69 bits per heavy atom. The Hall–Kier alpha value is -1.39. The molecule has 0 radical (unpaired) electrons. The summed E-state index contributed by atoms with van der Waals surface area (Å²) >= 11 is 0. The predicted octanol–water partition coefficient (Wildman–Crippen LogP) is 2.21. The van der Waals surface area contributed by atoms with Crippen molar-refractivity contribution in [1.29, 1.82) is 0 Å². The quantitative estimate of drug-likeness (QED) is 0.779. The van der Waals surface area contributed by atoms with Crippen molar-refractivity contribution in [1.82, 2.24) is 5.32 Å². The van der Waals surface area contributed by atoms with Gasteiger partial charge in [-0.1, -0.05) is 30.3 Å². The van der Waals surface area contributed by atoms with E-state index in [0.29, 0.717) is 11.8 Å². The summed E-state index contributed by atoms with van der Waals surface area (Å²) in [6.07, 6.45) is 5.72. The summed E-state index contributed by atoms with van der Waals surface area (Å²) in [4.78, 5) is 13.1. The third-order valence-electron chi connectivity index (χ3n) is 8.41. The number of nitrogens with two attached hydrogens (primary N) is 1. The maximum atomic E-state index is 13.1. The molecule has 1 heterocycles. The summed E-state index contributed by atoms with van der Waals surface area (Å²) < 4.78 is 0. The molecule has 4 N–H and O–H groups in total. The highest BCUT2D eigenvalue weighted by molar-refractivity contribution is 5.84. The number of carbonyl (C=O) groups excluding carboxylic acids is 1. The van der Waals surface area contributed by atoms with E-state index in [1.165, 1.54) is 5.56 Å². The van der Waals surface area contributed by atoms with Crippen LogP contribution in [0.3, 0.4) is 0 Å². The van der Waals surface area contributed by atoms with Crippen molar-refractivity contribution in [2.45, 2.75) is 50.0 Å². The van der Waals surface area contributed by atoms with Gasteiger partial charge in [0.05, 0.1) is 11.5 Å². The van der Waals surface area contributed by atoms with Crippen molar-refractivity contribution in [3.05, 3.63) is 35.9 Å². The smallest absolute Gasteiger partial charge is 0.224 e. The van der Waals surface area contributed by atoms with Gasteiger partial charge in [0.15, 0.2) is 0 Å². The van der Waals surface area contributed by atoms with Crippen LogP contribution < -0.4 is 11.1 Å². The Morgan fingerprint density at radius 1 is 1.19 bits per heavy atom. The summed E-state index contributed by atoms with van der Waals surface area (Å²) in [5.41, 5.74) is 6.61. The van der Waals surface area contributed by atoms with Crippen LogP contribution in [0.15, 0.2) is 30.3 Å². The molecule has 5 fully saturated rings. The van der Waals surface area contributed by atoms with Crippen molar-refractivity contribution < 1.29 is 9.90 Å². The first-order chi connectivity index (χ1) is 12.6. The molecule has 1 amide bonds. The van der Waals surface area contributed by atoms with E-state index in [0.717, 1.165) is 51.6 Å². The van der Waals surface area contributed by atoms with E-state index in [4.69, 9.17) is 5.73 Å². The molecule has 7 unspecified atom stereocenters. The van der Waals surface area contributed by atoms with E-state index in [-0.39, 0.29) is 29.3 Å². The van der Waals surface area contributed by atoms with E-state index >= 15 is 0 Å². The van der Waals surface area contributed by atoms with Gasteiger partial charge in [-0.15, -0.1) is 0 Å². The van der Waals surface area contributed by atoms with Crippen LogP contribution in [0.25, 0.3) is 0 Å². The predicted molar refractivity (Wildman–Crippen MR) is 100 cm³/mol. The van der Waals surface area contributed by atoms with Crippen molar-refractivity contribution in [3.63, 3.8) is 0 Å². The van der Waals surface area contributed by atoms with E-state index in [2.05, 4.69) is 29.6 Å². The molecule has 5 aliphatic rings. The van der Waals surface area contributed by atoms with Gasteiger partial charge in [-0.25, -0.2) is 0 Å². The normalized spacial score (nSPS) is 47.0. The van der Waals surface area contributed by atoms with E-state index in [9.17, 15) is 9.90 Å². The minimum atomic E-state index is -0.506. The van der Waals surface area contributed by atoms with Gasteiger partial charge >= 0.3 is 0 Å². The van der Waals surface area contributed by atoms with E-state index < -0.39 is 5.41 Å². The van der Waals surface area contributed by atoms with E-state index in [1.54, 1.807) is 0 Å². The van der Waals surface area contributed by atoms with Crippen molar-refractivity contribution >= 4 is 5.91 Å². The van der Waals surface area contributed by atoms with Crippen molar-refractivity contribution in [2.24, 2.45) is 34.8 Å². The zero-order valence-corrected chi connectivity index (χ0v) is 15.4. The molecule has 0 aromatic heterocycles. The molecule has 0 spiro atoms. The standard InChI is InChI=1S/C22H30N2O2/c23-20(26)21-11-14-9-15(12-21)19(25)18(10-14)22(21,16-5-2-1-3-6-16)17-7-4-8-24-13-17/h1-3,5-6,14-15,17-19,24-25H,4,7-13H2,(H2,23,26). The molecule has 6 rings (SSSR count). The molecule has 4 aliphatic carbocycles. The summed E-state index contributed by atoms with van der Waals surface area (Å²) in [6, 6.07) is 10.6. The molecule has 4 nitrogen and oxygen atoms in total. The minimum absolute atomic E-state index is 0.127. The van der Waals surface area contributed by atoms with Gasteiger partial charge in [0.25, 0.3) is 0 Å². The number of piperidine rings is 1. The van der Waals surface area contributed by atoms with Gasteiger partial charge < -0.3 is 16.2 Å². The minimum Gasteiger partial charge on any atom is -0.393 e. The highest BCUT2D eigenvalue weighted by Gasteiger charge is 2.72. The van der Waals surface area contributed by atoms with Crippen LogP contribution in [-0.4, -0.2) is 30.2 Å². The highest BCUT2D eigenvalue weighted by atomic mass is 16.3. The second-order valence-corrected chi connectivity index (χ2v) is 9.33. The molecule has 140 valence electrons. The Balaban J connectivity index is 1.77. The Bertz CT molecular complexity index is 701. The Kier molecular flexibility index (Phi) is 3.74. The molecule has 26 heavy (non-hydrogen) atoms. The van der Waals surface area contributed by atoms with Crippen molar-refractivity contribution in [3.8, 4) is 0 Å². The summed E-state index contributed by atoms with van der Waals surface area (Å²) in [6.45, 7) is 1.96. The lowest BCUT2D eigenvalue weighted by atomic mass is 9.33. The number of rotatable bonds is 3. The SMILES string of the molecule is NC(=O)C12CC3CC(C1)C(O)C(C3)C2(c1ccccc1)C1CCCNC1. The number of primary amides is 1. The molecular weight excluding hydrogens is 324 g/mol. The van der Waals surface area contributed by atoms with Gasteiger partial charge in [-0.3, -0.25) is 4.79 Å². The van der Waals surface area contributed by atoms with Gasteiger partial charge in [0.1, 0.15) is 0 Å². The first-order valence-corrected chi connectivity index (χ1v) is 10.3. The second kappa shape index (κ2) is 5.80. The molecule has 4 bridgehead atoms. The molecule has 7 atom stereocenters. The van der Waals surface area contributed by atoms with Gasteiger partial charge in [0.2, 0.25) is 5.91 Å². The molecule has 4 heteroatoms. The molecule has 1 aromatic carbocycles. The lowest BCUT2D eigenvalue weighted by molar-refractivity contribution is -0.211. The zero-order valence-electron chi connectivity index (χ0n) is 15.4. The topological polar surface area (TPSA) is 75.4 Å². The fraction of sp³-hybridized carbons (Fsp3) is 0.682. The number of benzene rings is 1. The average molecular weight is 354 g/mol. The number of hydrogen-bond donors (Lipinski definition) is 3. The van der Waals surface area contributed by atoms with Crippen LogP contribution >= 0.6 is 0 Å². The largest absolute Gasteiger partial charge is 0.393 e. The molecule has 1 aliphatic heterocycles. The molecule has 1 aromatic rings. The third kappa shape index (κ3) is 1.95. The van der Waals surface area contributed by atoms with Crippen LogP contribution in [0.2, 0.25) is 0 Å². The number of nitrogens with one attached hydrogen (secondary N) is 1. The summed E-state index contributed by atoms with van der Waals surface area (Å²) in [5, 5.41) is 14.9. The number of carbonyl (C=O) groups is 1. The second-order valence-electron chi connectivity index (χ2n) is 9.33. The van der Waals surface area contributed by atoms with Gasteiger partial charge in [0, 0.05) is 5.41 Å². The maximum Gasteiger partial charge on any atom is 0.224 e. The first kappa shape index (κ1) is 16.8. The first-order valence-electron chi connectivity index (χ1n) is 10.3. The Labute approximate surface area is 155 Å². The van der Waals surface area contributed by atoms with Crippen LogP contribution in [-0.2, 0) is 10.2 Å². The van der Waals surface area contributed by atoms with Gasteiger partial charge in [-0.05, 0) is 80.8 Å². The molecular formula is C22H30N2O2. The van der Waals surface area contributed by atoms with Crippen LogP contribution in [0, 0.1) is 29.1 Å². The number of amides is 1. The Morgan fingerprint density at radius 2 is 2.00 bits per heavy atom. The lowest BCUT2D eigenvalue weighted by Gasteiger charge is -2.70. The number of hydrogen-bond acceptors (Lipinski definition) is 3. The van der Waals surface area contributed by atoms with Gasteiger partial charge in [-0.2, -0.15) is 0 Å². The zero-order chi connectivity index (χ0) is 17.9. The van der Waals surface area contributed by atoms with Crippen molar-refractivity contribution in [2.75, 3.05) is 13.1 Å². The fourth-order valence-corrected chi connectivity index (χ4v) is 7.81. The maximum absolute atomic E-state index is 13.1. The monoisotopic (exact) mass is 354 g/mol. The molecule has 1 saturated heterocycles. The van der Waals surface area contributed by atoms with Crippen LogP contribution in [0.4, 0.5) is 0 Å². The highest BCUT2D eigenvalue weighted by Crippen LogP contribution is 2.71. The van der Waals surface area contributed by atoms with Crippen LogP contribution in [0.1, 0.15) is 44.1 Å². The number of aliphatic hydroxyl groups excluding tert-OH is 1. The lowest BCUT2D eigenvalue weighted by Crippen LogP contribution is -2.74. The summed E-state index contributed by atoms with van der Waals surface area (Å²) in [7, 11) is 0. The fourth-order valence-electron chi connectivity index (χ4n) is 7.81. The van der Waals surface area contributed by atoms with E-state index in [1.807, 2.05) is 6.07 Å². The third-order valence-corrected chi connectivity index (χ3v) is 8.41. The van der Waals surface area contributed by atoms with Crippen LogP contribution in [0.5, 0.6) is 0 Å². The average Bonchev–Trinajstić information content (AvgIpc) is 2.67. The molecule has 4 saturated carbocycles. The summed E-state index contributed by atoms with van der Waals surface area (Å²) in [5.74, 6) is 1.16.